The average molecular weight is 593 g/mol. The minimum atomic E-state index is 0.0115. The summed E-state index contributed by atoms with van der Waals surface area (Å²) in [7, 11) is 0. The van der Waals surface area contributed by atoms with Gasteiger partial charge in [-0.1, -0.05) is 186 Å². The molecular formula is C39H76O3. The van der Waals surface area contributed by atoms with E-state index < -0.39 is 0 Å². The van der Waals surface area contributed by atoms with E-state index in [4.69, 9.17) is 9.84 Å². The van der Waals surface area contributed by atoms with E-state index in [2.05, 4.69) is 19.1 Å². The zero-order valence-corrected chi connectivity index (χ0v) is 28.7. The number of carbonyl (C=O) groups excluding carboxylic acids is 1. The van der Waals surface area contributed by atoms with Gasteiger partial charge < -0.3 is 9.84 Å². The number of esters is 1. The minimum Gasteiger partial charge on any atom is -0.466 e. The molecule has 0 saturated heterocycles. The van der Waals surface area contributed by atoms with Crippen LogP contribution in [0.1, 0.15) is 219 Å². The first-order valence-electron chi connectivity index (χ1n) is 19.2. The molecule has 0 rings (SSSR count). The number of hydrogen-bond donors (Lipinski definition) is 1. The maximum atomic E-state index is 11.9. The van der Waals surface area contributed by atoms with Crippen LogP contribution in [0.3, 0.4) is 0 Å². The third kappa shape index (κ3) is 37.2. The number of ether oxygens (including phenoxy) is 1. The largest absolute Gasteiger partial charge is 0.466 e. The normalized spacial score (nSPS) is 11.6. The first kappa shape index (κ1) is 41.2. The van der Waals surface area contributed by atoms with E-state index in [0.29, 0.717) is 19.6 Å². The lowest BCUT2D eigenvalue weighted by atomic mass is 10.0. The number of allylic oxidation sites excluding steroid dienone is 2. The molecule has 3 nitrogen and oxygen atoms in total. The van der Waals surface area contributed by atoms with Gasteiger partial charge in [-0.3, -0.25) is 4.79 Å². The SMILES string of the molecule is CCCCC=CCCCCCCCC(=O)OCCCCCCCCCCCCCCCCCCCCCCCCCO. The summed E-state index contributed by atoms with van der Waals surface area (Å²) in [5, 5.41) is 8.79. The molecule has 0 saturated carbocycles. The molecule has 0 aliphatic rings. The summed E-state index contributed by atoms with van der Waals surface area (Å²) in [6, 6.07) is 0. The monoisotopic (exact) mass is 593 g/mol. The highest BCUT2D eigenvalue weighted by atomic mass is 16.5. The van der Waals surface area contributed by atoms with Crippen LogP contribution in [0.4, 0.5) is 0 Å². The molecule has 0 fully saturated rings. The van der Waals surface area contributed by atoms with Gasteiger partial charge in [0.25, 0.3) is 0 Å². The predicted octanol–water partition coefficient (Wildman–Crippen LogP) is 13.0. The molecule has 3 heteroatoms. The van der Waals surface area contributed by atoms with Crippen LogP contribution in [0.15, 0.2) is 12.2 Å². The van der Waals surface area contributed by atoms with Crippen molar-refractivity contribution in [2.24, 2.45) is 0 Å². The number of carbonyl (C=O) groups is 1. The van der Waals surface area contributed by atoms with Gasteiger partial charge >= 0.3 is 5.97 Å². The lowest BCUT2D eigenvalue weighted by Gasteiger charge is -2.06. The van der Waals surface area contributed by atoms with Crippen LogP contribution in [0.2, 0.25) is 0 Å². The number of hydrogen-bond acceptors (Lipinski definition) is 3. The standard InChI is InChI=1S/C39H76O3/c1-2-3-4-5-6-7-21-24-27-30-33-36-39(41)42-38-35-32-29-26-23-20-18-16-14-12-10-8-9-11-13-15-17-19-22-25-28-31-34-37-40/h5-6,40H,2-4,7-38H2,1H3. The van der Waals surface area contributed by atoms with Crippen molar-refractivity contribution in [1.29, 1.82) is 0 Å². The number of aliphatic hydroxyl groups excluding tert-OH is 1. The molecule has 42 heavy (non-hydrogen) atoms. The summed E-state index contributed by atoms with van der Waals surface area (Å²) in [5.74, 6) is 0.0115. The van der Waals surface area contributed by atoms with Gasteiger partial charge in [0.1, 0.15) is 0 Å². The van der Waals surface area contributed by atoms with Crippen LogP contribution in [0.25, 0.3) is 0 Å². The highest BCUT2D eigenvalue weighted by Crippen LogP contribution is 2.16. The molecule has 0 aromatic rings. The molecule has 0 bridgehead atoms. The van der Waals surface area contributed by atoms with E-state index in [1.54, 1.807) is 0 Å². The molecule has 0 aliphatic carbocycles. The van der Waals surface area contributed by atoms with E-state index in [9.17, 15) is 4.79 Å². The first-order chi connectivity index (χ1) is 20.8. The second-order valence-electron chi connectivity index (χ2n) is 13.0. The summed E-state index contributed by atoms with van der Waals surface area (Å²) in [5.41, 5.74) is 0. The maximum absolute atomic E-state index is 11.9. The molecule has 0 radical (unpaired) electrons. The smallest absolute Gasteiger partial charge is 0.305 e. The van der Waals surface area contributed by atoms with Crippen LogP contribution in [-0.4, -0.2) is 24.3 Å². The second kappa shape index (κ2) is 38.2. The Labute approximate surface area is 264 Å². The molecule has 0 spiro atoms. The fraction of sp³-hybridized carbons (Fsp3) is 0.923. The van der Waals surface area contributed by atoms with Crippen molar-refractivity contribution in [3.8, 4) is 0 Å². The first-order valence-corrected chi connectivity index (χ1v) is 19.2. The Kier molecular flexibility index (Phi) is 37.4. The summed E-state index contributed by atoms with van der Waals surface area (Å²) < 4.78 is 5.43. The van der Waals surface area contributed by atoms with Crippen molar-refractivity contribution < 1.29 is 14.6 Å². The third-order valence-corrected chi connectivity index (χ3v) is 8.71. The van der Waals surface area contributed by atoms with Gasteiger partial charge in [0.05, 0.1) is 6.61 Å². The molecule has 0 aliphatic heterocycles. The molecule has 0 aromatic heterocycles. The Morgan fingerprint density at radius 2 is 0.786 bits per heavy atom. The number of aliphatic hydroxyl groups is 1. The Hall–Kier alpha value is -0.830. The highest BCUT2D eigenvalue weighted by molar-refractivity contribution is 5.69. The van der Waals surface area contributed by atoms with Gasteiger partial charge in [0.2, 0.25) is 0 Å². The molecule has 250 valence electrons. The molecule has 0 heterocycles. The van der Waals surface area contributed by atoms with E-state index in [0.717, 1.165) is 25.7 Å². The van der Waals surface area contributed by atoms with Crippen LogP contribution >= 0.6 is 0 Å². The maximum Gasteiger partial charge on any atom is 0.305 e. The number of unbranched alkanes of at least 4 members (excludes halogenated alkanes) is 29. The summed E-state index contributed by atoms with van der Waals surface area (Å²) in [6.45, 7) is 3.23. The van der Waals surface area contributed by atoms with Crippen molar-refractivity contribution in [1.82, 2.24) is 0 Å². The zero-order chi connectivity index (χ0) is 30.4. The van der Waals surface area contributed by atoms with Crippen molar-refractivity contribution in [2.45, 2.75) is 219 Å². The van der Waals surface area contributed by atoms with Gasteiger partial charge in [0, 0.05) is 13.0 Å². The summed E-state index contributed by atoms with van der Waals surface area (Å²) >= 11 is 0. The fourth-order valence-electron chi connectivity index (χ4n) is 5.80. The Morgan fingerprint density at radius 1 is 0.452 bits per heavy atom. The molecule has 0 amide bonds. The van der Waals surface area contributed by atoms with E-state index in [1.807, 2.05) is 0 Å². The van der Waals surface area contributed by atoms with E-state index in [1.165, 1.54) is 180 Å². The van der Waals surface area contributed by atoms with E-state index >= 15 is 0 Å². The molecule has 0 aromatic carbocycles. The van der Waals surface area contributed by atoms with Crippen molar-refractivity contribution in [3.05, 3.63) is 12.2 Å². The van der Waals surface area contributed by atoms with Crippen LogP contribution in [-0.2, 0) is 9.53 Å². The summed E-state index contributed by atoms with van der Waals surface area (Å²) in [4.78, 5) is 11.9. The lowest BCUT2D eigenvalue weighted by Crippen LogP contribution is -2.05. The number of rotatable bonds is 36. The Bertz CT molecular complexity index is 530. The van der Waals surface area contributed by atoms with Crippen molar-refractivity contribution in [2.75, 3.05) is 13.2 Å². The van der Waals surface area contributed by atoms with Crippen LogP contribution in [0.5, 0.6) is 0 Å². The van der Waals surface area contributed by atoms with Gasteiger partial charge in [-0.05, 0) is 38.5 Å². The third-order valence-electron chi connectivity index (χ3n) is 8.71. The lowest BCUT2D eigenvalue weighted by molar-refractivity contribution is -0.143. The molecular weight excluding hydrogens is 516 g/mol. The molecule has 1 N–H and O–H groups in total. The topological polar surface area (TPSA) is 46.5 Å². The Balaban J connectivity index is 3.14. The van der Waals surface area contributed by atoms with Crippen LogP contribution in [0, 0.1) is 0 Å². The fourth-order valence-corrected chi connectivity index (χ4v) is 5.80. The summed E-state index contributed by atoms with van der Waals surface area (Å²) in [6.07, 6.45) is 47.3. The Morgan fingerprint density at radius 3 is 1.19 bits per heavy atom. The van der Waals surface area contributed by atoms with Gasteiger partial charge in [0.15, 0.2) is 0 Å². The van der Waals surface area contributed by atoms with Gasteiger partial charge in [-0.25, -0.2) is 0 Å². The van der Waals surface area contributed by atoms with Gasteiger partial charge in [-0.15, -0.1) is 0 Å². The minimum absolute atomic E-state index is 0.0115. The van der Waals surface area contributed by atoms with Crippen LogP contribution < -0.4 is 0 Å². The van der Waals surface area contributed by atoms with Crippen molar-refractivity contribution in [3.63, 3.8) is 0 Å². The second-order valence-corrected chi connectivity index (χ2v) is 13.0. The zero-order valence-electron chi connectivity index (χ0n) is 28.7. The highest BCUT2D eigenvalue weighted by Gasteiger charge is 2.02. The van der Waals surface area contributed by atoms with E-state index in [-0.39, 0.29) is 5.97 Å². The van der Waals surface area contributed by atoms with Crippen molar-refractivity contribution >= 4 is 5.97 Å². The molecule has 0 atom stereocenters. The quantitative estimate of drug-likeness (QED) is 0.0447. The predicted molar refractivity (Wildman–Crippen MR) is 185 cm³/mol. The molecule has 0 unspecified atom stereocenters. The van der Waals surface area contributed by atoms with Gasteiger partial charge in [-0.2, -0.15) is 0 Å². The average Bonchev–Trinajstić information content (AvgIpc) is 3.00.